The lowest BCUT2D eigenvalue weighted by atomic mass is 10.3. The van der Waals surface area contributed by atoms with Crippen LogP contribution in [0.5, 0.6) is 0 Å². The second kappa shape index (κ2) is 6.44. The second-order valence-electron chi connectivity index (χ2n) is 3.22. The molecule has 0 aromatic carbocycles. The number of hydrogen-bond acceptors (Lipinski definition) is 6. The van der Waals surface area contributed by atoms with Gasteiger partial charge in [-0.05, 0) is 12.1 Å². The summed E-state index contributed by atoms with van der Waals surface area (Å²) in [6.45, 7) is 5.57. The van der Waals surface area contributed by atoms with Gasteiger partial charge in [0.1, 0.15) is 11.2 Å². The molecule has 84 valence electrons. The van der Waals surface area contributed by atoms with Crippen molar-refractivity contribution in [1.29, 1.82) is 0 Å². The Balaban J connectivity index is 0.000000151. The zero-order valence-electron chi connectivity index (χ0n) is 8.56. The molecule has 1 aliphatic heterocycles. The van der Waals surface area contributed by atoms with Crippen LogP contribution in [0, 0.1) is 0 Å². The predicted molar refractivity (Wildman–Crippen MR) is 60.5 cm³/mol. The van der Waals surface area contributed by atoms with E-state index in [1.54, 1.807) is 0 Å². The third-order valence-corrected chi connectivity index (χ3v) is 2.07. The van der Waals surface area contributed by atoms with Crippen molar-refractivity contribution in [2.24, 2.45) is 5.73 Å². The van der Waals surface area contributed by atoms with E-state index in [1.165, 1.54) is 6.20 Å². The summed E-state index contributed by atoms with van der Waals surface area (Å²) in [6, 6.07) is 0.675. The van der Waals surface area contributed by atoms with Gasteiger partial charge in [-0.25, -0.2) is 4.63 Å². The fraction of sp³-hybridized carbons (Fsp3) is 0.625. The molecular formula is C8H15N5OS. The minimum atomic E-state index is 0.200. The number of thiocarbonyl (C=S) groups is 1. The molecule has 0 aliphatic carbocycles. The van der Waals surface area contributed by atoms with Crippen molar-refractivity contribution in [2.45, 2.75) is 13.0 Å². The van der Waals surface area contributed by atoms with Crippen LogP contribution in [0.4, 0.5) is 0 Å². The van der Waals surface area contributed by atoms with E-state index in [0.717, 1.165) is 19.6 Å². The van der Waals surface area contributed by atoms with E-state index in [-0.39, 0.29) is 4.99 Å². The van der Waals surface area contributed by atoms with Gasteiger partial charge in [0.2, 0.25) is 0 Å². The Labute approximate surface area is 93.6 Å². The normalized spacial score (nSPS) is 20.2. The molecule has 1 atom stereocenters. The second-order valence-corrected chi connectivity index (χ2v) is 3.66. The lowest BCUT2D eigenvalue weighted by molar-refractivity contribution is 0.306. The van der Waals surface area contributed by atoms with Crippen LogP contribution in [-0.4, -0.2) is 41.0 Å². The lowest BCUT2D eigenvalue weighted by Gasteiger charge is -2.19. The summed E-state index contributed by atoms with van der Waals surface area (Å²) in [4.78, 5) is 0.200. The molecule has 4 N–H and O–H groups in total. The number of piperazine rings is 1. The van der Waals surface area contributed by atoms with E-state index in [9.17, 15) is 0 Å². The molecule has 0 saturated carbocycles. The summed E-state index contributed by atoms with van der Waals surface area (Å²) in [5.74, 6) is 0. The summed E-state index contributed by atoms with van der Waals surface area (Å²) < 4.78 is 4.21. The molecule has 0 spiro atoms. The van der Waals surface area contributed by atoms with Gasteiger partial charge in [0, 0.05) is 25.7 Å². The van der Waals surface area contributed by atoms with Gasteiger partial charge in [-0.3, -0.25) is 0 Å². The van der Waals surface area contributed by atoms with Crippen LogP contribution in [0.25, 0.3) is 0 Å². The van der Waals surface area contributed by atoms with E-state index in [2.05, 4.69) is 44.7 Å². The molecule has 1 saturated heterocycles. The Morgan fingerprint density at radius 1 is 1.67 bits per heavy atom. The Kier molecular flexibility index (Phi) is 5.16. The van der Waals surface area contributed by atoms with Gasteiger partial charge < -0.3 is 16.4 Å². The molecule has 0 amide bonds. The number of rotatable bonds is 1. The molecule has 1 aromatic heterocycles. The third kappa shape index (κ3) is 4.82. The van der Waals surface area contributed by atoms with Gasteiger partial charge in [0.05, 0.1) is 0 Å². The first kappa shape index (κ1) is 12.0. The Morgan fingerprint density at radius 3 is 2.73 bits per heavy atom. The maximum absolute atomic E-state index is 5.13. The Morgan fingerprint density at radius 2 is 2.47 bits per heavy atom. The van der Waals surface area contributed by atoms with Crippen molar-refractivity contribution in [3.8, 4) is 0 Å². The molecule has 2 heterocycles. The summed E-state index contributed by atoms with van der Waals surface area (Å²) in [5.41, 5.74) is 5.54. The molecule has 6 nitrogen and oxygen atoms in total. The fourth-order valence-corrected chi connectivity index (χ4v) is 1.16. The van der Waals surface area contributed by atoms with Gasteiger partial charge >= 0.3 is 0 Å². The minimum absolute atomic E-state index is 0.200. The van der Waals surface area contributed by atoms with Crippen molar-refractivity contribution < 1.29 is 4.63 Å². The highest BCUT2D eigenvalue weighted by Gasteiger charge is 2.03. The SMILES string of the molecule is CC1CNCCN1.NC(=S)c1cnon1. The van der Waals surface area contributed by atoms with E-state index >= 15 is 0 Å². The lowest BCUT2D eigenvalue weighted by Crippen LogP contribution is -2.46. The van der Waals surface area contributed by atoms with E-state index in [1.807, 2.05) is 0 Å². The van der Waals surface area contributed by atoms with E-state index in [0.29, 0.717) is 11.7 Å². The van der Waals surface area contributed by atoms with Gasteiger partial charge in [0.25, 0.3) is 0 Å². The summed E-state index contributed by atoms with van der Waals surface area (Å²) >= 11 is 4.53. The van der Waals surface area contributed by atoms with Crippen LogP contribution in [0.1, 0.15) is 12.6 Å². The van der Waals surface area contributed by atoms with Crippen molar-refractivity contribution in [2.75, 3.05) is 19.6 Å². The summed E-state index contributed by atoms with van der Waals surface area (Å²) in [7, 11) is 0. The number of nitrogens with zero attached hydrogens (tertiary/aromatic N) is 2. The highest BCUT2D eigenvalue weighted by Crippen LogP contribution is 1.87. The van der Waals surface area contributed by atoms with E-state index in [4.69, 9.17) is 5.73 Å². The molecule has 1 unspecified atom stereocenters. The maximum atomic E-state index is 5.13. The first-order valence-electron chi connectivity index (χ1n) is 4.71. The predicted octanol–water partition coefficient (Wildman–Crippen LogP) is -0.728. The van der Waals surface area contributed by atoms with Crippen LogP contribution in [-0.2, 0) is 0 Å². The van der Waals surface area contributed by atoms with Gasteiger partial charge in [-0.1, -0.05) is 17.4 Å². The molecule has 1 aliphatic rings. The number of aromatic nitrogens is 2. The number of nitrogens with two attached hydrogens (primary N) is 1. The zero-order valence-corrected chi connectivity index (χ0v) is 9.38. The van der Waals surface area contributed by atoms with Crippen LogP contribution in [0.15, 0.2) is 10.8 Å². The van der Waals surface area contributed by atoms with Gasteiger partial charge in [-0.2, -0.15) is 0 Å². The zero-order chi connectivity index (χ0) is 11.1. The Bertz CT molecular complexity index is 283. The average Bonchev–Trinajstić information content (AvgIpc) is 2.72. The smallest absolute Gasteiger partial charge is 0.161 e. The molecule has 2 rings (SSSR count). The topological polar surface area (TPSA) is 89.0 Å². The molecule has 1 fully saturated rings. The number of hydrogen-bond donors (Lipinski definition) is 3. The van der Waals surface area contributed by atoms with Crippen LogP contribution in [0.2, 0.25) is 0 Å². The molecule has 7 heteroatoms. The minimum Gasteiger partial charge on any atom is -0.388 e. The summed E-state index contributed by atoms with van der Waals surface area (Å²) in [6.07, 6.45) is 1.36. The maximum Gasteiger partial charge on any atom is 0.161 e. The standard InChI is InChI=1S/C5H12N2.C3H3N3OS/c1-5-4-6-2-3-7-5;4-3(8)2-1-5-7-6-2/h5-7H,2-4H2,1H3;1H,(H2,4,8). The molecule has 15 heavy (non-hydrogen) atoms. The van der Waals surface area contributed by atoms with Gasteiger partial charge in [-0.15, -0.1) is 0 Å². The van der Waals surface area contributed by atoms with Crippen LogP contribution < -0.4 is 16.4 Å². The van der Waals surface area contributed by atoms with Crippen molar-refractivity contribution >= 4 is 17.2 Å². The average molecular weight is 229 g/mol. The molecule has 1 aromatic rings. The van der Waals surface area contributed by atoms with Crippen LogP contribution in [0.3, 0.4) is 0 Å². The fourth-order valence-electron chi connectivity index (χ4n) is 1.07. The number of nitrogens with one attached hydrogen (secondary N) is 2. The monoisotopic (exact) mass is 229 g/mol. The van der Waals surface area contributed by atoms with Crippen molar-refractivity contribution in [1.82, 2.24) is 20.9 Å². The third-order valence-electron chi connectivity index (χ3n) is 1.86. The molecular weight excluding hydrogens is 214 g/mol. The molecule has 0 radical (unpaired) electrons. The highest BCUT2D eigenvalue weighted by atomic mass is 32.1. The Hall–Kier alpha value is -1.05. The largest absolute Gasteiger partial charge is 0.388 e. The first-order chi connectivity index (χ1) is 7.20. The molecule has 0 bridgehead atoms. The summed E-state index contributed by atoms with van der Waals surface area (Å²) in [5, 5.41) is 13.2. The first-order valence-corrected chi connectivity index (χ1v) is 5.12. The quantitative estimate of drug-likeness (QED) is 0.547. The van der Waals surface area contributed by atoms with Crippen molar-refractivity contribution in [3.05, 3.63) is 11.9 Å². The van der Waals surface area contributed by atoms with Crippen LogP contribution >= 0.6 is 12.2 Å². The van der Waals surface area contributed by atoms with E-state index < -0.39 is 0 Å². The highest BCUT2D eigenvalue weighted by molar-refractivity contribution is 7.80. The van der Waals surface area contributed by atoms with Gasteiger partial charge in [0.15, 0.2) is 5.69 Å². The van der Waals surface area contributed by atoms with Crippen molar-refractivity contribution in [3.63, 3.8) is 0 Å².